The molecular formula is C19H17FN2O3S2. The van der Waals surface area contributed by atoms with Crippen LogP contribution in [0.2, 0.25) is 0 Å². The molecule has 0 aliphatic heterocycles. The van der Waals surface area contributed by atoms with Crippen LogP contribution in [0.3, 0.4) is 0 Å². The third-order valence-corrected chi connectivity index (χ3v) is 5.83. The fraction of sp³-hybridized carbons (Fsp3) is 0.211. The molecule has 0 fully saturated rings. The number of para-hydroxylation sites is 1. The van der Waals surface area contributed by atoms with Crippen molar-refractivity contribution in [3.8, 4) is 0 Å². The molecular weight excluding hydrogens is 387 g/mol. The predicted molar refractivity (Wildman–Crippen MR) is 104 cm³/mol. The Morgan fingerprint density at radius 2 is 2.04 bits per heavy atom. The Balaban J connectivity index is 1.43. The van der Waals surface area contributed by atoms with Gasteiger partial charge in [-0.05, 0) is 29.8 Å². The van der Waals surface area contributed by atoms with Gasteiger partial charge in [0.2, 0.25) is 0 Å². The lowest BCUT2D eigenvalue weighted by Gasteiger charge is -2.17. The number of fused-ring (bicyclic) bond motifs is 1. The second-order valence-corrected chi connectivity index (χ2v) is 8.03. The molecule has 1 amide bonds. The molecule has 0 saturated heterocycles. The van der Waals surface area contributed by atoms with Gasteiger partial charge in [-0.25, -0.2) is 9.37 Å². The maximum absolute atomic E-state index is 13.2. The maximum Gasteiger partial charge on any atom is 0.316 e. The average molecular weight is 404 g/mol. The highest BCUT2D eigenvalue weighted by atomic mass is 32.2. The molecule has 3 aromatic rings. The van der Waals surface area contributed by atoms with E-state index in [2.05, 4.69) is 4.98 Å². The molecule has 8 heteroatoms. The van der Waals surface area contributed by atoms with E-state index in [0.29, 0.717) is 5.56 Å². The average Bonchev–Trinajstić information content (AvgIpc) is 3.07. The molecule has 1 heterocycles. The van der Waals surface area contributed by atoms with E-state index >= 15 is 0 Å². The van der Waals surface area contributed by atoms with E-state index in [1.54, 1.807) is 19.2 Å². The lowest BCUT2D eigenvalue weighted by atomic mass is 10.2. The van der Waals surface area contributed by atoms with Crippen molar-refractivity contribution >= 4 is 45.2 Å². The van der Waals surface area contributed by atoms with E-state index in [1.807, 2.05) is 24.3 Å². The minimum Gasteiger partial charge on any atom is -0.455 e. The Hall–Kier alpha value is -2.45. The normalized spacial score (nSPS) is 10.7. The number of carbonyl (C=O) groups excluding carboxylic acids is 2. The first-order valence-corrected chi connectivity index (χ1v) is 9.94. The molecule has 0 radical (unpaired) electrons. The molecule has 0 N–H and O–H groups in total. The molecule has 2 aromatic carbocycles. The number of nitrogens with zero attached hydrogens (tertiary/aromatic N) is 2. The Morgan fingerprint density at radius 1 is 1.22 bits per heavy atom. The second kappa shape index (κ2) is 8.96. The first kappa shape index (κ1) is 19.3. The zero-order chi connectivity index (χ0) is 19.2. The van der Waals surface area contributed by atoms with Gasteiger partial charge in [-0.15, -0.1) is 11.3 Å². The molecule has 0 atom stereocenters. The number of rotatable bonds is 7. The van der Waals surface area contributed by atoms with Crippen molar-refractivity contribution < 1.29 is 18.7 Å². The van der Waals surface area contributed by atoms with Gasteiger partial charge in [-0.3, -0.25) is 9.59 Å². The van der Waals surface area contributed by atoms with Gasteiger partial charge in [0.25, 0.3) is 5.91 Å². The largest absolute Gasteiger partial charge is 0.455 e. The fourth-order valence-corrected chi connectivity index (χ4v) is 4.19. The van der Waals surface area contributed by atoms with Gasteiger partial charge >= 0.3 is 5.97 Å². The molecule has 0 aliphatic carbocycles. The van der Waals surface area contributed by atoms with Gasteiger partial charge in [0.1, 0.15) is 5.82 Å². The van der Waals surface area contributed by atoms with Crippen molar-refractivity contribution in [2.24, 2.45) is 0 Å². The topological polar surface area (TPSA) is 59.5 Å². The number of esters is 1. The third kappa shape index (κ3) is 5.51. The lowest BCUT2D eigenvalue weighted by Crippen LogP contribution is -2.31. The summed E-state index contributed by atoms with van der Waals surface area (Å²) in [5.74, 6) is -1.10. The zero-order valence-electron chi connectivity index (χ0n) is 14.6. The van der Waals surface area contributed by atoms with Crippen LogP contribution in [0.4, 0.5) is 4.39 Å². The number of thiazole rings is 1. The quantitative estimate of drug-likeness (QED) is 0.444. The summed E-state index contributed by atoms with van der Waals surface area (Å²) in [4.78, 5) is 29.8. The van der Waals surface area contributed by atoms with Crippen LogP contribution < -0.4 is 0 Å². The van der Waals surface area contributed by atoms with Gasteiger partial charge in [-0.1, -0.05) is 36.0 Å². The van der Waals surface area contributed by atoms with Crippen LogP contribution in [0.5, 0.6) is 0 Å². The SMILES string of the molecule is CN(Cc1cccc(F)c1)C(=O)COC(=O)CSc1nc2ccccc2s1. The smallest absolute Gasteiger partial charge is 0.316 e. The molecule has 0 spiro atoms. The minimum absolute atomic E-state index is 0.0840. The zero-order valence-corrected chi connectivity index (χ0v) is 16.2. The number of ether oxygens (including phenoxy) is 1. The molecule has 3 rings (SSSR count). The highest BCUT2D eigenvalue weighted by Crippen LogP contribution is 2.29. The van der Waals surface area contributed by atoms with E-state index < -0.39 is 5.97 Å². The van der Waals surface area contributed by atoms with Gasteiger partial charge in [0.15, 0.2) is 10.9 Å². The van der Waals surface area contributed by atoms with E-state index in [-0.39, 0.29) is 30.6 Å². The van der Waals surface area contributed by atoms with Crippen molar-refractivity contribution in [3.05, 3.63) is 59.9 Å². The van der Waals surface area contributed by atoms with Gasteiger partial charge in [0, 0.05) is 13.6 Å². The molecule has 5 nitrogen and oxygen atoms in total. The number of halogens is 1. The number of likely N-dealkylation sites (N-methyl/N-ethyl adjacent to an activating group) is 1. The van der Waals surface area contributed by atoms with Gasteiger partial charge < -0.3 is 9.64 Å². The fourth-order valence-electron chi connectivity index (χ4n) is 2.32. The molecule has 0 saturated carbocycles. The highest BCUT2D eigenvalue weighted by Gasteiger charge is 2.14. The monoisotopic (exact) mass is 404 g/mol. The molecule has 1 aromatic heterocycles. The van der Waals surface area contributed by atoms with Crippen molar-refractivity contribution in [2.75, 3.05) is 19.4 Å². The van der Waals surface area contributed by atoms with Crippen LogP contribution in [-0.2, 0) is 20.9 Å². The number of thioether (sulfide) groups is 1. The van der Waals surface area contributed by atoms with Crippen LogP contribution in [0.15, 0.2) is 52.9 Å². The standard InChI is InChI=1S/C19H17FN2O3S2/c1-22(10-13-5-4-6-14(20)9-13)17(23)11-25-18(24)12-26-19-21-15-7-2-3-8-16(15)27-19/h2-9H,10-12H2,1H3. The highest BCUT2D eigenvalue weighted by molar-refractivity contribution is 8.01. The van der Waals surface area contributed by atoms with Crippen molar-refractivity contribution in [1.29, 1.82) is 0 Å². The van der Waals surface area contributed by atoms with Crippen LogP contribution in [-0.4, -0.2) is 41.2 Å². The summed E-state index contributed by atoms with van der Waals surface area (Å²) in [6.45, 7) is -0.0976. The van der Waals surface area contributed by atoms with Gasteiger partial charge in [0.05, 0.1) is 16.0 Å². The summed E-state index contributed by atoms with van der Waals surface area (Å²) in [6.07, 6.45) is 0. The molecule has 0 aliphatic rings. The number of benzene rings is 2. The summed E-state index contributed by atoms with van der Waals surface area (Å²) >= 11 is 2.79. The van der Waals surface area contributed by atoms with Crippen LogP contribution >= 0.6 is 23.1 Å². The maximum atomic E-state index is 13.2. The summed E-state index contributed by atoms with van der Waals surface area (Å²) < 4.78 is 20.1. The number of carbonyl (C=O) groups is 2. The lowest BCUT2D eigenvalue weighted by molar-refractivity contribution is -0.149. The predicted octanol–water partition coefficient (Wildman–Crippen LogP) is 3.73. The third-order valence-electron chi connectivity index (χ3n) is 3.68. The first-order chi connectivity index (χ1) is 13.0. The summed E-state index contributed by atoms with van der Waals surface area (Å²) in [7, 11) is 1.58. The number of hydrogen-bond donors (Lipinski definition) is 0. The van der Waals surface area contributed by atoms with E-state index in [9.17, 15) is 14.0 Å². The van der Waals surface area contributed by atoms with Crippen molar-refractivity contribution in [1.82, 2.24) is 9.88 Å². The van der Waals surface area contributed by atoms with E-state index in [0.717, 1.165) is 14.6 Å². The van der Waals surface area contributed by atoms with Gasteiger partial charge in [-0.2, -0.15) is 0 Å². The Bertz CT molecular complexity index is 928. The molecule has 0 bridgehead atoms. The van der Waals surface area contributed by atoms with E-state index in [4.69, 9.17) is 4.74 Å². The Labute approximate surface area is 164 Å². The summed E-state index contributed by atoms with van der Waals surface area (Å²) in [5, 5.41) is 0. The minimum atomic E-state index is -0.480. The Morgan fingerprint density at radius 3 is 2.81 bits per heavy atom. The first-order valence-electron chi connectivity index (χ1n) is 8.13. The van der Waals surface area contributed by atoms with Crippen LogP contribution in [0.25, 0.3) is 10.2 Å². The summed E-state index contributed by atoms with van der Waals surface area (Å²) in [5.41, 5.74) is 1.57. The van der Waals surface area contributed by atoms with Crippen LogP contribution in [0, 0.1) is 5.82 Å². The number of amides is 1. The van der Waals surface area contributed by atoms with Crippen LogP contribution in [0.1, 0.15) is 5.56 Å². The summed E-state index contributed by atoms with van der Waals surface area (Å²) in [6, 6.07) is 13.8. The van der Waals surface area contributed by atoms with Crippen molar-refractivity contribution in [3.63, 3.8) is 0 Å². The van der Waals surface area contributed by atoms with E-state index in [1.165, 1.54) is 40.1 Å². The number of aromatic nitrogens is 1. The second-order valence-electron chi connectivity index (χ2n) is 5.78. The molecule has 0 unspecified atom stereocenters. The molecule has 27 heavy (non-hydrogen) atoms. The molecule has 140 valence electrons. The Kier molecular flexibility index (Phi) is 6.41. The number of hydrogen-bond acceptors (Lipinski definition) is 6. The van der Waals surface area contributed by atoms with Crippen molar-refractivity contribution in [2.45, 2.75) is 10.9 Å².